The van der Waals surface area contributed by atoms with Crippen LogP contribution in [0.1, 0.15) is 39.0 Å². The summed E-state index contributed by atoms with van der Waals surface area (Å²) in [6, 6.07) is 0. The summed E-state index contributed by atoms with van der Waals surface area (Å²) in [4.78, 5) is 25.5. The Morgan fingerprint density at radius 2 is 2.07 bits per heavy atom. The SMILES string of the molecule is C=C1C(=O)C23[C@H](O)C[C@H]4C5(CCC[C@]4(C)C=O)CO[C@](OC)(C[C@@H]1[C@H]2O)[C@@H]53. The Hall–Kier alpha value is -1.08. The molecular weight excluding hydrogens is 348 g/mol. The number of carbonyl (C=O) groups is 2. The Morgan fingerprint density at radius 3 is 2.74 bits per heavy atom. The van der Waals surface area contributed by atoms with Crippen molar-refractivity contribution in [3.63, 3.8) is 0 Å². The van der Waals surface area contributed by atoms with E-state index in [-0.39, 0.29) is 11.7 Å². The third-order valence-electron chi connectivity index (χ3n) is 9.06. The van der Waals surface area contributed by atoms with Crippen LogP contribution < -0.4 is 0 Å². The predicted molar refractivity (Wildman–Crippen MR) is 94.4 cm³/mol. The van der Waals surface area contributed by atoms with Gasteiger partial charge in [0.2, 0.25) is 0 Å². The Bertz CT molecular complexity index is 749. The highest BCUT2D eigenvalue weighted by Gasteiger charge is 2.83. The van der Waals surface area contributed by atoms with Crippen LogP contribution in [-0.2, 0) is 19.1 Å². The van der Waals surface area contributed by atoms with E-state index in [1.165, 1.54) is 0 Å². The minimum absolute atomic E-state index is 0.107. The maximum absolute atomic E-state index is 13.4. The molecule has 5 fully saturated rings. The molecule has 9 atom stereocenters. The number of methoxy groups -OCH3 is 1. The van der Waals surface area contributed by atoms with Gasteiger partial charge in [-0.1, -0.05) is 19.9 Å². The van der Waals surface area contributed by atoms with Gasteiger partial charge in [0.1, 0.15) is 6.29 Å². The molecule has 1 heterocycles. The normalized spacial score (nSPS) is 58.7. The standard InChI is InChI=1S/C21H28O6/c1-11-12-8-20(26-3)17-19(10-27-20)6-4-5-18(2,9-22)13(19)7-14(23)21(17,15(11)24)16(12)25/h9,12-14,16-17,23,25H,1,4-8,10H2,2-3H3/t12-,13+,14+,16+,17+,18+,19?,20+,21?/m0/s1. The second-order valence-corrected chi connectivity index (χ2v) is 9.79. The van der Waals surface area contributed by atoms with Crippen molar-refractivity contribution >= 4 is 12.1 Å². The fraction of sp³-hybridized carbons (Fsp3) is 0.810. The van der Waals surface area contributed by atoms with E-state index in [0.29, 0.717) is 25.0 Å². The Balaban J connectivity index is 1.78. The molecule has 148 valence electrons. The zero-order valence-corrected chi connectivity index (χ0v) is 15.9. The molecule has 5 rings (SSSR count). The summed E-state index contributed by atoms with van der Waals surface area (Å²) in [5.41, 5.74) is -2.01. The highest BCUT2D eigenvalue weighted by atomic mass is 16.7. The van der Waals surface area contributed by atoms with Crippen LogP contribution in [-0.4, -0.2) is 54.0 Å². The number of rotatable bonds is 2. The highest BCUT2D eigenvalue weighted by molar-refractivity contribution is 6.04. The second-order valence-electron chi connectivity index (χ2n) is 9.79. The van der Waals surface area contributed by atoms with Gasteiger partial charge < -0.3 is 24.5 Å². The molecule has 27 heavy (non-hydrogen) atoms. The lowest BCUT2D eigenvalue weighted by Gasteiger charge is -2.64. The van der Waals surface area contributed by atoms with Gasteiger partial charge in [-0.2, -0.15) is 0 Å². The number of aliphatic hydroxyl groups is 2. The van der Waals surface area contributed by atoms with Gasteiger partial charge >= 0.3 is 0 Å². The predicted octanol–water partition coefficient (Wildman–Crippen LogP) is 1.24. The molecule has 2 N–H and O–H groups in total. The van der Waals surface area contributed by atoms with Crippen molar-refractivity contribution in [2.45, 2.75) is 57.0 Å². The molecule has 6 nitrogen and oxygen atoms in total. The molecule has 4 aliphatic carbocycles. The summed E-state index contributed by atoms with van der Waals surface area (Å²) in [5.74, 6) is -2.31. The average Bonchev–Trinajstić information content (AvgIpc) is 3.04. The first kappa shape index (κ1) is 18.0. The third kappa shape index (κ3) is 1.66. The Morgan fingerprint density at radius 1 is 1.33 bits per heavy atom. The van der Waals surface area contributed by atoms with E-state index in [2.05, 4.69) is 6.58 Å². The molecule has 4 saturated carbocycles. The molecule has 1 saturated heterocycles. The van der Waals surface area contributed by atoms with E-state index in [1.807, 2.05) is 6.92 Å². The van der Waals surface area contributed by atoms with E-state index in [9.17, 15) is 19.8 Å². The van der Waals surface area contributed by atoms with E-state index in [4.69, 9.17) is 9.47 Å². The molecule has 2 bridgehead atoms. The van der Waals surface area contributed by atoms with E-state index in [1.54, 1.807) is 7.11 Å². The Labute approximate surface area is 158 Å². The fourth-order valence-corrected chi connectivity index (χ4v) is 8.01. The molecular formula is C21H28O6. The van der Waals surface area contributed by atoms with Gasteiger partial charge in [-0.3, -0.25) is 4.79 Å². The van der Waals surface area contributed by atoms with Gasteiger partial charge in [-0.15, -0.1) is 0 Å². The quantitative estimate of drug-likeness (QED) is 0.556. The van der Waals surface area contributed by atoms with Gasteiger partial charge in [0.15, 0.2) is 11.6 Å². The van der Waals surface area contributed by atoms with Crippen LogP contribution >= 0.6 is 0 Å². The minimum atomic E-state index is -1.34. The monoisotopic (exact) mass is 376 g/mol. The number of ether oxygens (including phenoxy) is 2. The smallest absolute Gasteiger partial charge is 0.173 e. The lowest BCUT2D eigenvalue weighted by molar-refractivity contribution is -0.302. The second kappa shape index (κ2) is 5.09. The van der Waals surface area contributed by atoms with Gasteiger partial charge in [-0.05, 0) is 30.8 Å². The van der Waals surface area contributed by atoms with Crippen molar-refractivity contribution < 1.29 is 29.3 Å². The average molecular weight is 376 g/mol. The number of aliphatic hydroxyl groups excluding tert-OH is 2. The van der Waals surface area contributed by atoms with Crippen LogP contribution in [0.15, 0.2) is 12.2 Å². The highest BCUT2D eigenvalue weighted by Crippen LogP contribution is 2.76. The lowest BCUT2D eigenvalue weighted by Crippen LogP contribution is -2.72. The van der Waals surface area contributed by atoms with Crippen molar-refractivity contribution in [3.05, 3.63) is 12.2 Å². The number of hydrogen-bond acceptors (Lipinski definition) is 6. The number of Topliss-reactive ketones (excluding diaryl/α,β-unsaturated/α-hetero) is 1. The largest absolute Gasteiger partial charge is 0.392 e. The molecule has 5 aliphatic rings. The van der Waals surface area contributed by atoms with Crippen molar-refractivity contribution in [2.75, 3.05) is 13.7 Å². The molecule has 0 aromatic carbocycles. The van der Waals surface area contributed by atoms with Crippen LogP contribution in [0.4, 0.5) is 0 Å². The molecule has 2 unspecified atom stereocenters. The summed E-state index contributed by atoms with van der Waals surface area (Å²) in [7, 11) is 1.58. The lowest BCUT2D eigenvalue weighted by atomic mass is 9.39. The summed E-state index contributed by atoms with van der Waals surface area (Å²) in [6.45, 7) is 6.31. The van der Waals surface area contributed by atoms with Crippen LogP contribution in [0, 0.1) is 34.0 Å². The molecule has 2 spiro atoms. The first-order valence-electron chi connectivity index (χ1n) is 9.99. The molecule has 0 radical (unpaired) electrons. The summed E-state index contributed by atoms with van der Waals surface area (Å²) < 4.78 is 12.2. The van der Waals surface area contributed by atoms with Gasteiger partial charge in [0.25, 0.3) is 0 Å². The third-order valence-corrected chi connectivity index (χ3v) is 9.06. The Kier molecular flexibility index (Phi) is 3.39. The van der Waals surface area contributed by atoms with Crippen LogP contribution in [0.5, 0.6) is 0 Å². The first-order chi connectivity index (χ1) is 12.7. The van der Waals surface area contributed by atoms with Gasteiger partial charge in [0.05, 0.1) is 24.2 Å². The van der Waals surface area contributed by atoms with Crippen molar-refractivity contribution in [3.8, 4) is 0 Å². The topological polar surface area (TPSA) is 93.1 Å². The molecule has 1 aliphatic heterocycles. The number of fused-ring (bicyclic) bond motifs is 1. The van der Waals surface area contributed by atoms with Crippen LogP contribution in [0.3, 0.4) is 0 Å². The van der Waals surface area contributed by atoms with Crippen LogP contribution in [0.25, 0.3) is 0 Å². The summed E-state index contributed by atoms with van der Waals surface area (Å²) in [5, 5.41) is 22.6. The van der Waals surface area contributed by atoms with E-state index >= 15 is 0 Å². The first-order valence-corrected chi connectivity index (χ1v) is 9.99. The summed E-state index contributed by atoms with van der Waals surface area (Å²) in [6.07, 6.45) is 2.10. The molecule has 0 aromatic heterocycles. The molecule has 0 aromatic rings. The van der Waals surface area contributed by atoms with Crippen LogP contribution in [0.2, 0.25) is 0 Å². The summed E-state index contributed by atoms with van der Waals surface area (Å²) >= 11 is 0. The van der Waals surface area contributed by atoms with Crippen molar-refractivity contribution in [1.82, 2.24) is 0 Å². The zero-order valence-electron chi connectivity index (χ0n) is 15.9. The van der Waals surface area contributed by atoms with Crippen molar-refractivity contribution in [2.24, 2.45) is 34.0 Å². The zero-order chi connectivity index (χ0) is 19.4. The fourth-order valence-electron chi connectivity index (χ4n) is 8.01. The number of carbonyl (C=O) groups excluding carboxylic acids is 2. The molecule has 0 amide bonds. The molecule has 6 heteroatoms. The van der Waals surface area contributed by atoms with Gasteiger partial charge in [-0.25, -0.2) is 0 Å². The minimum Gasteiger partial charge on any atom is -0.392 e. The van der Waals surface area contributed by atoms with E-state index < -0.39 is 46.1 Å². The van der Waals surface area contributed by atoms with Gasteiger partial charge in [0, 0.05) is 36.2 Å². The maximum Gasteiger partial charge on any atom is 0.173 e. The van der Waals surface area contributed by atoms with E-state index in [0.717, 1.165) is 25.5 Å². The maximum atomic E-state index is 13.4. The van der Waals surface area contributed by atoms with Crippen molar-refractivity contribution in [1.29, 1.82) is 0 Å². The number of hydrogen-bond donors (Lipinski definition) is 2. The number of ketones is 1. The number of aldehydes is 1.